The van der Waals surface area contributed by atoms with Gasteiger partial charge in [-0.3, -0.25) is 14.5 Å². The van der Waals surface area contributed by atoms with Crippen LogP contribution in [0.15, 0.2) is 12.1 Å². The van der Waals surface area contributed by atoms with Gasteiger partial charge in [-0.05, 0) is 30.5 Å². The number of hydrogen-bond acceptors (Lipinski definition) is 4. The van der Waals surface area contributed by atoms with Crippen LogP contribution in [0.4, 0.5) is 0 Å². The third-order valence-electron chi connectivity index (χ3n) is 2.72. The first kappa shape index (κ1) is 15.0. The van der Waals surface area contributed by atoms with Gasteiger partial charge in [0.15, 0.2) is 0 Å². The maximum absolute atomic E-state index is 11.0. The summed E-state index contributed by atoms with van der Waals surface area (Å²) in [6.45, 7) is 3.87. The van der Waals surface area contributed by atoms with Gasteiger partial charge in [0.2, 0.25) is 11.8 Å². The number of carbonyl (C=O) groups is 2. The SMILES string of the molecule is Cc1cc(CN(CC(N)=O)CC(N)=O)cc(C)c1O. The van der Waals surface area contributed by atoms with E-state index in [-0.39, 0.29) is 18.8 Å². The first-order valence-electron chi connectivity index (χ1n) is 5.87. The maximum Gasteiger partial charge on any atom is 0.231 e. The standard InChI is InChI=1S/C13H19N3O3/c1-8-3-10(4-9(2)13(8)19)5-16(6-11(14)17)7-12(15)18/h3-4,19H,5-7H2,1-2H3,(H2,14,17)(H2,15,18). The number of benzene rings is 1. The van der Waals surface area contributed by atoms with E-state index in [0.29, 0.717) is 6.54 Å². The molecule has 0 heterocycles. The van der Waals surface area contributed by atoms with E-state index in [9.17, 15) is 14.7 Å². The molecule has 0 atom stereocenters. The summed E-state index contributed by atoms with van der Waals surface area (Å²) in [7, 11) is 0. The van der Waals surface area contributed by atoms with Gasteiger partial charge in [0.25, 0.3) is 0 Å². The van der Waals surface area contributed by atoms with Crippen molar-refractivity contribution in [3.05, 3.63) is 28.8 Å². The highest BCUT2D eigenvalue weighted by Crippen LogP contribution is 2.23. The molecule has 6 nitrogen and oxygen atoms in total. The molecule has 104 valence electrons. The Morgan fingerprint density at radius 3 is 1.89 bits per heavy atom. The Morgan fingerprint density at radius 2 is 1.53 bits per heavy atom. The molecule has 0 radical (unpaired) electrons. The van der Waals surface area contributed by atoms with Gasteiger partial charge in [-0.1, -0.05) is 12.1 Å². The summed E-state index contributed by atoms with van der Waals surface area (Å²) < 4.78 is 0. The average Bonchev–Trinajstić information content (AvgIpc) is 2.23. The number of nitrogens with zero attached hydrogens (tertiary/aromatic N) is 1. The zero-order chi connectivity index (χ0) is 14.6. The van der Waals surface area contributed by atoms with E-state index >= 15 is 0 Å². The van der Waals surface area contributed by atoms with E-state index in [0.717, 1.165) is 16.7 Å². The van der Waals surface area contributed by atoms with Crippen molar-refractivity contribution >= 4 is 11.8 Å². The Hall–Kier alpha value is -2.08. The number of carbonyl (C=O) groups excluding carboxylic acids is 2. The normalized spacial score (nSPS) is 10.7. The van der Waals surface area contributed by atoms with Gasteiger partial charge in [0, 0.05) is 6.54 Å². The molecule has 0 aliphatic heterocycles. The van der Waals surface area contributed by atoms with Crippen molar-refractivity contribution in [1.82, 2.24) is 4.90 Å². The van der Waals surface area contributed by atoms with Gasteiger partial charge in [0.05, 0.1) is 13.1 Å². The molecule has 0 aliphatic rings. The lowest BCUT2D eigenvalue weighted by Crippen LogP contribution is -2.39. The third-order valence-corrected chi connectivity index (χ3v) is 2.72. The first-order valence-corrected chi connectivity index (χ1v) is 5.87. The van der Waals surface area contributed by atoms with Gasteiger partial charge < -0.3 is 16.6 Å². The number of amides is 2. The molecule has 1 aromatic carbocycles. The number of aromatic hydroxyl groups is 1. The van der Waals surface area contributed by atoms with Crippen LogP contribution in [0.1, 0.15) is 16.7 Å². The van der Waals surface area contributed by atoms with Gasteiger partial charge in [-0.25, -0.2) is 0 Å². The second-order valence-corrected chi connectivity index (χ2v) is 4.66. The monoisotopic (exact) mass is 265 g/mol. The average molecular weight is 265 g/mol. The number of rotatable bonds is 6. The molecule has 0 fully saturated rings. The van der Waals surface area contributed by atoms with Crippen LogP contribution in [0.25, 0.3) is 0 Å². The lowest BCUT2D eigenvalue weighted by atomic mass is 10.1. The fourth-order valence-electron chi connectivity index (χ4n) is 2.00. The maximum atomic E-state index is 11.0. The summed E-state index contributed by atoms with van der Waals surface area (Å²) in [5.41, 5.74) is 12.6. The molecule has 2 amide bonds. The van der Waals surface area contributed by atoms with E-state index in [1.54, 1.807) is 30.9 Å². The van der Waals surface area contributed by atoms with Gasteiger partial charge in [0.1, 0.15) is 5.75 Å². The van der Waals surface area contributed by atoms with E-state index in [2.05, 4.69) is 0 Å². The number of aryl methyl sites for hydroxylation is 2. The molecule has 0 spiro atoms. The summed E-state index contributed by atoms with van der Waals surface area (Å²) in [6.07, 6.45) is 0. The second-order valence-electron chi connectivity index (χ2n) is 4.66. The van der Waals surface area contributed by atoms with Crippen molar-refractivity contribution in [2.75, 3.05) is 13.1 Å². The summed E-state index contributed by atoms with van der Waals surface area (Å²) in [5.74, 6) is -0.790. The van der Waals surface area contributed by atoms with E-state index in [1.165, 1.54) is 0 Å². The molecule has 1 aromatic rings. The Morgan fingerprint density at radius 1 is 1.11 bits per heavy atom. The van der Waals surface area contributed by atoms with Gasteiger partial charge >= 0.3 is 0 Å². The molecule has 0 unspecified atom stereocenters. The van der Waals surface area contributed by atoms with E-state index in [1.807, 2.05) is 0 Å². The van der Waals surface area contributed by atoms with Crippen LogP contribution in [0.3, 0.4) is 0 Å². The zero-order valence-electron chi connectivity index (χ0n) is 11.1. The number of phenols is 1. The van der Waals surface area contributed by atoms with Gasteiger partial charge in [-0.15, -0.1) is 0 Å². The minimum absolute atomic E-state index is 0.0398. The highest BCUT2D eigenvalue weighted by molar-refractivity contribution is 5.79. The van der Waals surface area contributed by atoms with Crippen LogP contribution in [0.2, 0.25) is 0 Å². The molecule has 0 saturated heterocycles. The highest BCUT2D eigenvalue weighted by atomic mass is 16.3. The molecular formula is C13H19N3O3. The van der Waals surface area contributed by atoms with Crippen molar-refractivity contribution in [2.45, 2.75) is 20.4 Å². The van der Waals surface area contributed by atoms with Crippen LogP contribution in [-0.2, 0) is 16.1 Å². The predicted octanol–water partition coefficient (Wildman–Crippen LogP) is -0.218. The summed E-state index contributed by atoms with van der Waals surface area (Å²) >= 11 is 0. The van der Waals surface area contributed by atoms with Crippen molar-refractivity contribution < 1.29 is 14.7 Å². The number of hydrogen-bond donors (Lipinski definition) is 3. The molecule has 0 saturated carbocycles. The molecule has 5 N–H and O–H groups in total. The molecule has 0 aliphatic carbocycles. The molecule has 6 heteroatoms. The number of phenolic OH excluding ortho intramolecular Hbond substituents is 1. The van der Waals surface area contributed by atoms with E-state index in [4.69, 9.17) is 11.5 Å². The fraction of sp³-hybridized carbons (Fsp3) is 0.385. The predicted molar refractivity (Wildman–Crippen MR) is 71.2 cm³/mol. The van der Waals surface area contributed by atoms with Crippen LogP contribution in [0.5, 0.6) is 5.75 Å². The van der Waals surface area contributed by atoms with Gasteiger partial charge in [-0.2, -0.15) is 0 Å². The Balaban J connectivity index is 2.89. The molecule has 19 heavy (non-hydrogen) atoms. The third kappa shape index (κ3) is 4.59. The minimum atomic E-state index is -0.520. The quantitative estimate of drug-likeness (QED) is 0.660. The lowest BCUT2D eigenvalue weighted by molar-refractivity contribution is -0.122. The minimum Gasteiger partial charge on any atom is -0.507 e. The first-order chi connectivity index (χ1) is 8.79. The van der Waals surface area contributed by atoms with Crippen molar-refractivity contribution in [1.29, 1.82) is 0 Å². The highest BCUT2D eigenvalue weighted by Gasteiger charge is 2.13. The fourth-order valence-corrected chi connectivity index (χ4v) is 2.00. The number of nitrogens with two attached hydrogens (primary N) is 2. The van der Waals surface area contributed by atoms with Crippen LogP contribution in [0, 0.1) is 13.8 Å². The molecule has 0 aromatic heterocycles. The molecule has 0 bridgehead atoms. The topological polar surface area (TPSA) is 110 Å². The molecular weight excluding hydrogens is 246 g/mol. The van der Waals surface area contributed by atoms with Crippen molar-refractivity contribution in [3.8, 4) is 5.75 Å². The van der Waals surface area contributed by atoms with Crippen LogP contribution in [-0.4, -0.2) is 34.9 Å². The number of primary amides is 2. The largest absolute Gasteiger partial charge is 0.507 e. The summed E-state index contributed by atoms with van der Waals surface area (Å²) in [6, 6.07) is 3.61. The smallest absolute Gasteiger partial charge is 0.231 e. The zero-order valence-corrected chi connectivity index (χ0v) is 11.1. The summed E-state index contributed by atoms with van der Waals surface area (Å²) in [4.78, 5) is 23.5. The van der Waals surface area contributed by atoms with Crippen molar-refractivity contribution in [2.24, 2.45) is 11.5 Å². The lowest BCUT2D eigenvalue weighted by Gasteiger charge is -2.19. The Bertz CT molecular complexity index is 461. The Kier molecular flexibility index (Phi) is 4.88. The van der Waals surface area contributed by atoms with Crippen molar-refractivity contribution in [3.63, 3.8) is 0 Å². The van der Waals surface area contributed by atoms with Crippen LogP contribution < -0.4 is 11.5 Å². The summed E-state index contributed by atoms with van der Waals surface area (Å²) in [5, 5.41) is 9.69. The second kappa shape index (κ2) is 6.19. The molecule has 1 rings (SSSR count). The van der Waals surface area contributed by atoms with E-state index < -0.39 is 11.8 Å². The Labute approximate surface area is 112 Å². The van der Waals surface area contributed by atoms with Crippen LogP contribution >= 0.6 is 0 Å².